The van der Waals surface area contributed by atoms with Crippen molar-refractivity contribution < 1.29 is 14.1 Å². The highest BCUT2D eigenvalue weighted by atomic mass is 32.2. The molecule has 0 amide bonds. The number of aromatic nitrogens is 3. The van der Waals surface area contributed by atoms with Crippen LogP contribution in [0, 0.1) is 6.92 Å². The number of nitrogens with one attached hydrogen (secondary N) is 1. The minimum Gasteiger partial charge on any atom is -0.472 e. The first-order valence-electron chi connectivity index (χ1n) is 11.7. The summed E-state index contributed by atoms with van der Waals surface area (Å²) in [7, 11) is -2.28. The van der Waals surface area contributed by atoms with E-state index in [1.165, 1.54) is 6.33 Å². The molecule has 2 aromatic heterocycles. The number of rotatable bonds is 7. The molecule has 1 saturated heterocycles. The van der Waals surface area contributed by atoms with Gasteiger partial charge in [-0.1, -0.05) is 0 Å². The molecule has 0 spiro atoms. The SMILES string of the molecule is Cc1cc(N=S(C)(C)=O)cc2ncnc(Nc3cccnc3O[C@@H]3CCCN(CC(C)(C)O)C3)c12. The molecule has 0 bridgehead atoms. The van der Waals surface area contributed by atoms with Gasteiger partial charge in [0, 0.05) is 46.9 Å². The fraction of sp³-hybridized carbons (Fsp3) is 0.480. The first-order valence-corrected chi connectivity index (χ1v) is 14.1. The molecule has 0 aliphatic carbocycles. The Bertz CT molecular complexity index is 1320. The number of benzene rings is 1. The van der Waals surface area contributed by atoms with Gasteiger partial charge in [0.05, 0.1) is 16.8 Å². The number of pyridine rings is 1. The van der Waals surface area contributed by atoms with Crippen molar-refractivity contribution in [1.82, 2.24) is 19.9 Å². The molecule has 1 aliphatic rings. The van der Waals surface area contributed by atoms with Crippen LogP contribution in [0.4, 0.5) is 17.2 Å². The second kappa shape index (κ2) is 10.0. The third-order valence-corrected chi connectivity index (χ3v) is 6.27. The van der Waals surface area contributed by atoms with Crippen LogP contribution in [0.3, 0.4) is 0 Å². The lowest BCUT2D eigenvalue weighted by atomic mass is 10.0. The fourth-order valence-electron chi connectivity index (χ4n) is 4.44. The molecule has 4 rings (SSSR count). The standard InChI is InChI=1S/C25H34N6O3S/c1-17-12-18(30-35(4,5)33)13-21-22(17)23(28-16-27-21)29-20-9-6-10-26-24(20)34-19-8-7-11-31(14-19)15-25(2,3)32/h6,9-10,12-13,16,19,32H,7-8,11,14-15H2,1-5H3,(H,27,28,29)/t19-/m1/s1. The summed E-state index contributed by atoms with van der Waals surface area (Å²) < 4.78 is 22.8. The summed E-state index contributed by atoms with van der Waals surface area (Å²) in [6.07, 6.45) is 8.34. The Labute approximate surface area is 207 Å². The monoisotopic (exact) mass is 498 g/mol. The molecule has 3 aromatic rings. The Morgan fingerprint density at radius 1 is 1.29 bits per heavy atom. The second-order valence-corrected chi connectivity index (χ2v) is 12.6. The molecule has 9 nitrogen and oxygen atoms in total. The van der Waals surface area contributed by atoms with Crippen molar-refractivity contribution in [2.24, 2.45) is 4.36 Å². The van der Waals surface area contributed by atoms with Crippen LogP contribution >= 0.6 is 0 Å². The Morgan fingerprint density at radius 2 is 2.09 bits per heavy atom. The number of β-amino-alcohol motifs (C(OH)–C–C–N with tert-alkyl or cyclic N) is 1. The number of hydrogen-bond acceptors (Lipinski definition) is 9. The normalized spacial score (nSPS) is 17.4. The van der Waals surface area contributed by atoms with E-state index in [0.29, 0.717) is 35.1 Å². The average Bonchev–Trinajstić information content (AvgIpc) is 2.73. The average molecular weight is 499 g/mol. The predicted octanol–water partition coefficient (Wildman–Crippen LogP) is 4.05. The van der Waals surface area contributed by atoms with E-state index in [0.717, 1.165) is 36.9 Å². The lowest BCUT2D eigenvalue weighted by Crippen LogP contribution is -2.47. The highest BCUT2D eigenvalue weighted by molar-refractivity contribution is 7.92. The van der Waals surface area contributed by atoms with Gasteiger partial charge in [0.25, 0.3) is 0 Å². The quantitative estimate of drug-likeness (QED) is 0.502. The van der Waals surface area contributed by atoms with Gasteiger partial charge in [-0.3, -0.25) is 4.90 Å². The smallest absolute Gasteiger partial charge is 0.238 e. The van der Waals surface area contributed by atoms with Gasteiger partial charge in [0.15, 0.2) is 0 Å². The summed E-state index contributed by atoms with van der Waals surface area (Å²) in [6.45, 7) is 7.90. The minimum absolute atomic E-state index is 0.0208. The summed E-state index contributed by atoms with van der Waals surface area (Å²) in [5, 5.41) is 14.4. The fourth-order valence-corrected chi connectivity index (χ4v) is 5.05. The molecule has 0 saturated carbocycles. The van der Waals surface area contributed by atoms with Crippen LogP contribution in [0.15, 0.2) is 41.2 Å². The Hall–Kier alpha value is -2.82. The summed E-state index contributed by atoms with van der Waals surface area (Å²) >= 11 is 0. The molecule has 10 heteroatoms. The van der Waals surface area contributed by atoms with Gasteiger partial charge in [0.2, 0.25) is 5.88 Å². The van der Waals surface area contributed by atoms with E-state index in [1.807, 2.05) is 45.0 Å². The molecule has 1 aromatic carbocycles. The molecule has 1 aliphatic heterocycles. The first kappa shape index (κ1) is 25.3. The number of anilines is 2. The van der Waals surface area contributed by atoms with Gasteiger partial charge in [-0.2, -0.15) is 4.36 Å². The van der Waals surface area contributed by atoms with Crippen LogP contribution in [-0.4, -0.2) is 73.0 Å². The van der Waals surface area contributed by atoms with E-state index in [-0.39, 0.29) is 6.10 Å². The Kier molecular flexibility index (Phi) is 7.25. The zero-order chi connectivity index (χ0) is 25.2. The number of likely N-dealkylation sites (tertiary alicyclic amines) is 1. The van der Waals surface area contributed by atoms with Gasteiger partial charge in [-0.05, 0) is 70.0 Å². The Morgan fingerprint density at radius 3 is 2.83 bits per heavy atom. The van der Waals surface area contributed by atoms with E-state index in [9.17, 15) is 9.32 Å². The number of piperidine rings is 1. The lowest BCUT2D eigenvalue weighted by Gasteiger charge is -2.35. The topological polar surface area (TPSA) is 113 Å². The lowest BCUT2D eigenvalue weighted by molar-refractivity contribution is 0.00664. The Balaban J connectivity index is 1.59. The van der Waals surface area contributed by atoms with E-state index < -0.39 is 15.3 Å². The number of aliphatic hydroxyl groups is 1. The second-order valence-electron chi connectivity index (χ2n) is 10.1. The third kappa shape index (κ3) is 6.87. The zero-order valence-electron chi connectivity index (χ0n) is 21.0. The summed E-state index contributed by atoms with van der Waals surface area (Å²) in [6, 6.07) is 7.48. The maximum atomic E-state index is 12.2. The number of aryl methyl sites for hydroxylation is 1. The molecule has 188 valence electrons. The van der Waals surface area contributed by atoms with Crippen LogP contribution in [0.25, 0.3) is 10.9 Å². The number of hydrogen-bond donors (Lipinski definition) is 2. The van der Waals surface area contributed by atoms with Gasteiger partial charge in [-0.25, -0.2) is 19.2 Å². The number of ether oxygens (including phenoxy) is 1. The van der Waals surface area contributed by atoms with E-state index in [4.69, 9.17) is 4.74 Å². The maximum Gasteiger partial charge on any atom is 0.238 e. The van der Waals surface area contributed by atoms with Gasteiger partial charge >= 0.3 is 0 Å². The first-order chi connectivity index (χ1) is 16.5. The van der Waals surface area contributed by atoms with Crippen molar-refractivity contribution in [2.45, 2.75) is 45.3 Å². The van der Waals surface area contributed by atoms with E-state index in [2.05, 4.69) is 29.5 Å². The molecule has 1 fully saturated rings. The highest BCUT2D eigenvalue weighted by Crippen LogP contribution is 2.33. The van der Waals surface area contributed by atoms with Crippen LogP contribution in [0.5, 0.6) is 5.88 Å². The van der Waals surface area contributed by atoms with Crippen molar-refractivity contribution in [3.8, 4) is 5.88 Å². The van der Waals surface area contributed by atoms with Crippen molar-refractivity contribution in [3.05, 3.63) is 42.4 Å². The minimum atomic E-state index is -2.28. The molecule has 2 N–H and O–H groups in total. The maximum absolute atomic E-state index is 12.2. The van der Waals surface area contributed by atoms with Crippen LogP contribution in [-0.2, 0) is 9.73 Å². The summed E-state index contributed by atoms with van der Waals surface area (Å²) in [5.74, 6) is 1.15. The zero-order valence-corrected chi connectivity index (χ0v) is 21.8. The summed E-state index contributed by atoms with van der Waals surface area (Å²) in [5.41, 5.74) is 2.24. The molecule has 35 heavy (non-hydrogen) atoms. The molecule has 0 unspecified atom stereocenters. The van der Waals surface area contributed by atoms with Crippen molar-refractivity contribution >= 4 is 37.8 Å². The van der Waals surface area contributed by atoms with Crippen LogP contribution in [0.1, 0.15) is 32.3 Å². The molecule has 3 heterocycles. The van der Waals surface area contributed by atoms with Crippen molar-refractivity contribution in [2.75, 3.05) is 37.5 Å². The summed E-state index contributed by atoms with van der Waals surface area (Å²) in [4.78, 5) is 15.6. The van der Waals surface area contributed by atoms with Crippen molar-refractivity contribution in [3.63, 3.8) is 0 Å². The molecular formula is C25H34N6O3S. The van der Waals surface area contributed by atoms with Gasteiger partial charge < -0.3 is 15.2 Å². The third-order valence-electron chi connectivity index (χ3n) is 5.62. The van der Waals surface area contributed by atoms with Crippen LogP contribution in [0.2, 0.25) is 0 Å². The van der Waals surface area contributed by atoms with Crippen LogP contribution < -0.4 is 10.1 Å². The predicted molar refractivity (Wildman–Crippen MR) is 140 cm³/mol. The van der Waals surface area contributed by atoms with Crippen molar-refractivity contribution in [1.29, 1.82) is 0 Å². The molecular weight excluding hydrogens is 464 g/mol. The van der Waals surface area contributed by atoms with E-state index >= 15 is 0 Å². The number of nitrogens with zero attached hydrogens (tertiary/aromatic N) is 5. The van der Waals surface area contributed by atoms with Gasteiger partial charge in [-0.15, -0.1) is 0 Å². The van der Waals surface area contributed by atoms with Gasteiger partial charge in [0.1, 0.15) is 23.9 Å². The highest BCUT2D eigenvalue weighted by Gasteiger charge is 2.26. The van der Waals surface area contributed by atoms with E-state index in [1.54, 1.807) is 18.7 Å². The molecule has 1 atom stereocenters. The number of fused-ring (bicyclic) bond motifs is 1. The largest absolute Gasteiger partial charge is 0.472 e. The molecule has 0 radical (unpaired) electrons.